The standard InChI is InChI=1S/C6H9BN2O2/c1-4-5(6(10)9-4)2-8-3-7-11/h3-5H,2H2,1H3,(H,9,10)/t4-,5+/m0/s1. The van der Waals surface area contributed by atoms with Crippen LogP contribution < -0.4 is 5.32 Å². The Balaban J connectivity index is 2.31. The van der Waals surface area contributed by atoms with E-state index in [1.807, 2.05) is 6.92 Å². The Bertz CT molecular complexity index is 205. The van der Waals surface area contributed by atoms with Crippen LogP contribution in [0.5, 0.6) is 0 Å². The molecule has 1 fully saturated rings. The molecule has 0 aliphatic carbocycles. The average molecular weight is 152 g/mol. The molecule has 0 aromatic carbocycles. The van der Waals surface area contributed by atoms with Gasteiger partial charge < -0.3 is 0 Å². The number of rotatable bonds is 3. The van der Waals surface area contributed by atoms with Gasteiger partial charge in [0.05, 0.1) is 0 Å². The zero-order chi connectivity index (χ0) is 8.27. The van der Waals surface area contributed by atoms with E-state index in [2.05, 4.69) is 10.3 Å². The SMILES string of the molecule is C[C@@H]1NC(=O)[C@@H]1CN=CB=O. The van der Waals surface area contributed by atoms with Crippen LogP contribution in [-0.4, -0.2) is 31.8 Å². The molecule has 0 saturated carbocycles. The third kappa shape index (κ3) is 1.72. The van der Waals surface area contributed by atoms with E-state index < -0.39 is 0 Å². The van der Waals surface area contributed by atoms with Crippen molar-refractivity contribution in [2.75, 3.05) is 6.54 Å². The first-order valence-electron chi connectivity index (χ1n) is 3.49. The number of β-lactam (4-membered cyclic amide) rings is 1. The van der Waals surface area contributed by atoms with Gasteiger partial charge in [0.2, 0.25) is 0 Å². The van der Waals surface area contributed by atoms with Gasteiger partial charge in [-0.2, -0.15) is 0 Å². The normalized spacial score (nSPS) is 29.4. The maximum atomic E-state index is 10.8. The van der Waals surface area contributed by atoms with Crippen molar-refractivity contribution in [3.05, 3.63) is 0 Å². The van der Waals surface area contributed by atoms with E-state index in [-0.39, 0.29) is 17.9 Å². The Kier molecular flexibility index (Phi) is 2.51. The molecule has 4 nitrogen and oxygen atoms in total. The topological polar surface area (TPSA) is 58.5 Å². The molecule has 1 rings (SSSR count). The summed E-state index contributed by atoms with van der Waals surface area (Å²) in [6.07, 6.45) is 1.18. The van der Waals surface area contributed by atoms with Crippen molar-refractivity contribution in [1.82, 2.24) is 5.32 Å². The minimum absolute atomic E-state index is 0.0283. The van der Waals surface area contributed by atoms with Crippen molar-refractivity contribution < 1.29 is 9.50 Å². The predicted octanol–water partition coefficient (Wildman–Crippen LogP) is -0.801. The first kappa shape index (κ1) is 8.10. The number of carbonyl (C=O) groups is 1. The third-order valence-electron chi connectivity index (χ3n) is 1.78. The fourth-order valence-corrected chi connectivity index (χ4v) is 1.02. The number of hydrogen-bond acceptors (Lipinski definition) is 3. The summed E-state index contributed by atoms with van der Waals surface area (Å²) in [4.78, 5) is 14.5. The molecule has 0 aromatic heterocycles. The summed E-state index contributed by atoms with van der Waals surface area (Å²) in [5.74, 6) is -0.00764. The van der Waals surface area contributed by atoms with Gasteiger partial charge in [0.25, 0.3) is 0 Å². The van der Waals surface area contributed by atoms with Gasteiger partial charge >= 0.3 is 64.4 Å². The van der Waals surface area contributed by atoms with Gasteiger partial charge in [-0.15, -0.1) is 0 Å². The summed E-state index contributed by atoms with van der Waals surface area (Å²) in [5.41, 5.74) is 0. The molecule has 1 heterocycles. The van der Waals surface area contributed by atoms with Gasteiger partial charge in [0.15, 0.2) is 0 Å². The Morgan fingerprint density at radius 2 is 2.55 bits per heavy atom. The van der Waals surface area contributed by atoms with Gasteiger partial charge in [-0.05, 0) is 0 Å². The second-order valence-corrected chi connectivity index (χ2v) is 2.55. The molecule has 58 valence electrons. The summed E-state index contributed by atoms with van der Waals surface area (Å²) < 4.78 is 9.81. The first-order valence-corrected chi connectivity index (χ1v) is 3.49. The van der Waals surface area contributed by atoms with E-state index in [0.717, 1.165) is 0 Å². The number of carbonyl (C=O) groups excluding carboxylic acids is 1. The summed E-state index contributed by atoms with van der Waals surface area (Å²) in [6.45, 7) is 2.34. The van der Waals surface area contributed by atoms with Crippen LogP contribution in [0, 0.1) is 5.92 Å². The second kappa shape index (κ2) is 3.41. The molecule has 11 heavy (non-hydrogen) atoms. The molecule has 0 radical (unpaired) electrons. The molecule has 1 N–H and O–H groups in total. The molecule has 0 unspecified atom stereocenters. The van der Waals surface area contributed by atoms with Crippen LogP contribution in [0.2, 0.25) is 0 Å². The Morgan fingerprint density at radius 1 is 1.82 bits per heavy atom. The molecule has 2 atom stereocenters. The number of nitrogens with one attached hydrogen (secondary N) is 1. The van der Waals surface area contributed by atoms with E-state index in [9.17, 15) is 9.50 Å². The summed E-state index contributed by atoms with van der Waals surface area (Å²) in [6, 6.07) is 0.200. The van der Waals surface area contributed by atoms with Gasteiger partial charge in [-0.25, -0.2) is 0 Å². The van der Waals surface area contributed by atoms with Crippen LogP contribution in [0.4, 0.5) is 0 Å². The molecule has 0 spiro atoms. The maximum absolute atomic E-state index is 10.8. The van der Waals surface area contributed by atoms with Gasteiger partial charge in [-0.3, -0.25) is 0 Å². The molecule has 5 heteroatoms. The van der Waals surface area contributed by atoms with Crippen LogP contribution in [-0.2, 0) is 9.50 Å². The number of hydrogen-bond donors (Lipinski definition) is 1. The zero-order valence-electron chi connectivity index (χ0n) is 6.28. The van der Waals surface area contributed by atoms with E-state index in [1.165, 1.54) is 6.11 Å². The van der Waals surface area contributed by atoms with Crippen LogP contribution in [0.25, 0.3) is 0 Å². The van der Waals surface area contributed by atoms with Crippen LogP contribution in [0.3, 0.4) is 0 Å². The van der Waals surface area contributed by atoms with Crippen molar-refractivity contribution in [2.24, 2.45) is 10.9 Å². The summed E-state index contributed by atoms with van der Waals surface area (Å²) in [5, 5.41) is 2.68. The zero-order valence-corrected chi connectivity index (χ0v) is 6.28. The van der Waals surface area contributed by atoms with Crippen LogP contribution in [0.15, 0.2) is 4.99 Å². The van der Waals surface area contributed by atoms with Gasteiger partial charge in [0.1, 0.15) is 0 Å². The van der Waals surface area contributed by atoms with Crippen molar-refractivity contribution in [2.45, 2.75) is 13.0 Å². The third-order valence-corrected chi connectivity index (χ3v) is 1.78. The average Bonchev–Trinajstić information content (AvgIpc) is 1.98. The number of nitrogens with zero attached hydrogens (tertiary/aromatic N) is 1. The van der Waals surface area contributed by atoms with E-state index >= 15 is 0 Å². The summed E-state index contributed by atoms with van der Waals surface area (Å²) in [7, 11) is 0.612. The number of aliphatic imine (C=N–C) groups is 1. The van der Waals surface area contributed by atoms with Crippen molar-refractivity contribution >= 4 is 19.2 Å². The Labute approximate surface area is 65.3 Å². The molecular formula is C6H9BN2O2. The van der Waals surface area contributed by atoms with Crippen molar-refractivity contribution in [3.8, 4) is 0 Å². The molecule has 0 bridgehead atoms. The minimum atomic E-state index is -0.0359. The fraction of sp³-hybridized carbons (Fsp3) is 0.667. The molecule has 0 aromatic rings. The fourth-order valence-electron chi connectivity index (χ4n) is 1.02. The van der Waals surface area contributed by atoms with Gasteiger partial charge in [0, 0.05) is 0 Å². The Morgan fingerprint density at radius 3 is 3.00 bits per heavy atom. The molecule has 1 aliphatic heterocycles. The Hall–Kier alpha value is -0.995. The summed E-state index contributed by atoms with van der Waals surface area (Å²) >= 11 is 0. The quantitative estimate of drug-likeness (QED) is 0.327. The monoisotopic (exact) mass is 152 g/mol. The first-order chi connectivity index (χ1) is 5.25. The van der Waals surface area contributed by atoms with E-state index in [1.54, 1.807) is 0 Å². The second-order valence-electron chi connectivity index (χ2n) is 2.55. The van der Waals surface area contributed by atoms with E-state index in [0.29, 0.717) is 13.7 Å². The van der Waals surface area contributed by atoms with E-state index in [4.69, 9.17) is 0 Å². The number of amides is 1. The molecule has 1 saturated heterocycles. The van der Waals surface area contributed by atoms with Crippen LogP contribution in [0.1, 0.15) is 6.92 Å². The van der Waals surface area contributed by atoms with Crippen molar-refractivity contribution in [1.29, 1.82) is 0 Å². The van der Waals surface area contributed by atoms with Crippen LogP contribution >= 0.6 is 0 Å². The molecule has 1 amide bonds. The molecule has 1 aliphatic rings. The predicted molar refractivity (Wildman–Crippen MR) is 40.9 cm³/mol. The molecular weight excluding hydrogens is 143 g/mol. The van der Waals surface area contributed by atoms with Crippen molar-refractivity contribution in [3.63, 3.8) is 0 Å². The van der Waals surface area contributed by atoms with Gasteiger partial charge in [-0.1, -0.05) is 0 Å².